The molecule has 0 aromatic heterocycles. The third kappa shape index (κ3) is 1.95. The van der Waals surface area contributed by atoms with Crippen LogP contribution >= 0.6 is 0 Å². The maximum Gasteiger partial charge on any atom is 0.306 e. The number of carbonyl (C=O) groups excluding carboxylic acids is 1. The Labute approximate surface area is 83.9 Å². The lowest BCUT2D eigenvalue weighted by Gasteiger charge is -2.21. The summed E-state index contributed by atoms with van der Waals surface area (Å²) in [6, 6.07) is 8.40. The average Bonchev–Trinajstić information content (AvgIpc) is 2.19. The van der Waals surface area contributed by atoms with Crippen molar-refractivity contribution < 1.29 is 9.53 Å². The van der Waals surface area contributed by atoms with Crippen LogP contribution < -0.4 is 0 Å². The predicted octanol–water partition coefficient (Wildman–Crippen LogP) is 2.42. The van der Waals surface area contributed by atoms with Crippen molar-refractivity contribution in [1.29, 1.82) is 0 Å². The number of ether oxygens (including phenoxy) is 1. The lowest BCUT2D eigenvalue weighted by atomic mass is 9.91. The van der Waals surface area contributed by atoms with E-state index in [1.54, 1.807) is 0 Å². The Kier molecular flexibility index (Phi) is 2.53. The zero-order valence-corrected chi connectivity index (χ0v) is 8.32. The molecule has 1 fully saturated rings. The first kappa shape index (κ1) is 9.25. The van der Waals surface area contributed by atoms with E-state index in [2.05, 4.69) is 31.2 Å². The summed E-state index contributed by atoms with van der Waals surface area (Å²) in [5.74, 6) is 0.290. The van der Waals surface area contributed by atoms with Gasteiger partial charge < -0.3 is 4.74 Å². The monoisotopic (exact) mass is 190 g/mol. The largest absolute Gasteiger partial charge is 0.466 e. The smallest absolute Gasteiger partial charge is 0.306 e. The van der Waals surface area contributed by atoms with Gasteiger partial charge in [0.15, 0.2) is 0 Å². The van der Waals surface area contributed by atoms with Gasteiger partial charge in [-0.25, -0.2) is 0 Å². The van der Waals surface area contributed by atoms with Gasteiger partial charge >= 0.3 is 5.97 Å². The van der Waals surface area contributed by atoms with Gasteiger partial charge in [0.25, 0.3) is 0 Å². The third-order valence-electron chi connectivity index (χ3n) is 2.69. The average molecular weight is 190 g/mol. The molecule has 0 spiro atoms. The number of hydrogen-bond acceptors (Lipinski definition) is 2. The normalized spacial score (nSPS) is 21.8. The van der Waals surface area contributed by atoms with Crippen LogP contribution in [0, 0.1) is 6.92 Å². The highest BCUT2D eigenvalue weighted by molar-refractivity contribution is 5.71. The second-order valence-electron chi connectivity index (χ2n) is 3.82. The number of benzene rings is 1. The third-order valence-corrected chi connectivity index (χ3v) is 2.69. The summed E-state index contributed by atoms with van der Waals surface area (Å²) < 4.78 is 4.91. The molecule has 74 valence electrons. The zero-order chi connectivity index (χ0) is 9.97. The van der Waals surface area contributed by atoms with Gasteiger partial charge in [0.05, 0.1) is 13.0 Å². The van der Waals surface area contributed by atoms with Crippen LogP contribution in [-0.2, 0) is 9.53 Å². The Balaban J connectivity index is 2.14. The van der Waals surface area contributed by atoms with E-state index in [0.29, 0.717) is 18.9 Å². The first-order valence-corrected chi connectivity index (χ1v) is 4.98. The molecule has 1 saturated heterocycles. The molecule has 0 N–H and O–H groups in total. The standard InChI is InChI=1S/C12H14O2/c1-9-2-4-10(5-3-9)11-6-7-14-12(13)8-11/h2-5,11H,6-8H2,1H3/t11-/m0/s1. The van der Waals surface area contributed by atoms with Gasteiger partial charge in [0.1, 0.15) is 0 Å². The van der Waals surface area contributed by atoms with Crippen molar-refractivity contribution in [1.82, 2.24) is 0 Å². The van der Waals surface area contributed by atoms with E-state index >= 15 is 0 Å². The second kappa shape index (κ2) is 3.82. The fourth-order valence-corrected chi connectivity index (χ4v) is 1.80. The number of cyclic esters (lactones) is 1. The molecule has 1 aliphatic heterocycles. The Morgan fingerprint density at radius 1 is 1.29 bits per heavy atom. The van der Waals surface area contributed by atoms with Crippen LogP contribution in [-0.4, -0.2) is 12.6 Å². The SMILES string of the molecule is Cc1ccc([C@H]2CCOC(=O)C2)cc1. The molecule has 0 saturated carbocycles. The fraction of sp³-hybridized carbons (Fsp3) is 0.417. The Morgan fingerprint density at radius 2 is 2.00 bits per heavy atom. The van der Waals surface area contributed by atoms with Gasteiger partial charge in [-0.2, -0.15) is 0 Å². The molecule has 1 heterocycles. The molecule has 0 unspecified atom stereocenters. The Bertz CT molecular complexity index is 327. The molecule has 1 aliphatic rings. The molecule has 2 nitrogen and oxygen atoms in total. The van der Waals surface area contributed by atoms with Crippen LogP contribution in [0.1, 0.15) is 29.9 Å². The summed E-state index contributed by atoms with van der Waals surface area (Å²) in [4.78, 5) is 11.1. The van der Waals surface area contributed by atoms with Crippen LogP contribution in [0.4, 0.5) is 0 Å². The minimum Gasteiger partial charge on any atom is -0.466 e. The number of esters is 1. The molecule has 1 aromatic carbocycles. The number of carbonyl (C=O) groups is 1. The fourth-order valence-electron chi connectivity index (χ4n) is 1.80. The topological polar surface area (TPSA) is 26.3 Å². The van der Waals surface area contributed by atoms with Crippen LogP contribution in [0.25, 0.3) is 0 Å². The zero-order valence-electron chi connectivity index (χ0n) is 8.32. The molecule has 0 bridgehead atoms. The second-order valence-corrected chi connectivity index (χ2v) is 3.82. The first-order chi connectivity index (χ1) is 6.75. The van der Waals surface area contributed by atoms with Crippen molar-refractivity contribution in [2.45, 2.75) is 25.7 Å². The van der Waals surface area contributed by atoms with Crippen molar-refractivity contribution in [3.63, 3.8) is 0 Å². The summed E-state index contributed by atoms with van der Waals surface area (Å²) in [6.45, 7) is 2.64. The highest BCUT2D eigenvalue weighted by Crippen LogP contribution is 2.27. The minimum atomic E-state index is -0.0678. The van der Waals surface area contributed by atoms with E-state index in [1.807, 2.05) is 0 Å². The van der Waals surface area contributed by atoms with Crippen molar-refractivity contribution in [3.05, 3.63) is 35.4 Å². The molecular formula is C12H14O2. The van der Waals surface area contributed by atoms with E-state index < -0.39 is 0 Å². The first-order valence-electron chi connectivity index (χ1n) is 4.98. The van der Waals surface area contributed by atoms with Gasteiger partial charge in [0, 0.05) is 0 Å². The van der Waals surface area contributed by atoms with E-state index in [1.165, 1.54) is 11.1 Å². The van der Waals surface area contributed by atoms with E-state index in [0.717, 1.165) is 6.42 Å². The van der Waals surface area contributed by atoms with Gasteiger partial charge in [-0.05, 0) is 24.8 Å². The highest BCUT2D eigenvalue weighted by atomic mass is 16.5. The minimum absolute atomic E-state index is 0.0678. The van der Waals surface area contributed by atoms with Crippen molar-refractivity contribution >= 4 is 5.97 Å². The molecule has 1 atom stereocenters. The Hall–Kier alpha value is -1.31. The van der Waals surface area contributed by atoms with Crippen LogP contribution in [0.15, 0.2) is 24.3 Å². The van der Waals surface area contributed by atoms with Crippen molar-refractivity contribution in [2.75, 3.05) is 6.61 Å². The molecule has 0 amide bonds. The van der Waals surface area contributed by atoms with Gasteiger partial charge in [-0.3, -0.25) is 4.79 Å². The van der Waals surface area contributed by atoms with Gasteiger partial charge in [0.2, 0.25) is 0 Å². The molecule has 0 radical (unpaired) electrons. The highest BCUT2D eigenvalue weighted by Gasteiger charge is 2.21. The van der Waals surface area contributed by atoms with E-state index in [9.17, 15) is 4.79 Å². The summed E-state index contributed by atoms with van der Waals surface area (Å²) in [6.07, 6.45) is 1.48. The lowest BCUT2D eigenvalue weighted by molar-refractivity contribution is -0.147. The number of rotatable bonds is 1. The molecule has 2 rings (SSSR count). The lowest BCUT2D eigenvalue weighted by Crippen LogP contribution is -2.19. The van der Waals surface area contributed by atoms with Crippen LogP contribution in [0.5, 0.6) is 0 Å². The molecule has 2 heteroatoms. The predicted molar refractivity (Wildman–Crippen MR) is 54.1 cm³/mol. The maximum absolute atomic E-state index is 11.1. The maximum atomic E-state index is 11.1. The molecule has 14 heavy (non-hydrogen) atoms. The van der Waals surface area contributed by atoms with Crippen molar-refractivity contribution in [3.8, 4) is 0 Å². The van der Waals surface area contributed by atoms with Crippen LogP contribution in [0.2, 0.25) is 0 Å². The number of aryl methyl sites for hydroxylation is 1. The molecule has 0 aliphatic carbocycles. The summed E-state index contributed by atoms with van der Waals surface area (Å²) >= 11 is 0. The molecular weight excluding hydrogens is 176 g/mol. The summed E-state index contributed by atoms with van der Waals surface area (Å²) in [5.41, 5.74) is 2.51. The van der Waals surface area contributed by atoms with Crippen LogP contribution in [0.3, 0.4) is 0 Å². The number of hydrogen-bond donors (Lipinski definition) is 0. The molecule has 1 aromatic rings. The Morgan fingerprint density at radius 3 is 2.64 bits per heavy atom. The van der Waals surface area contributed by atoms with Crippen molar-refractivity contribution in [2.24, 2.45) is 0 Å². The van der Waals surface area contributed by atoms with E-state index in [-0.39, 0.29) is 5.97 Å². The van der Waals surface area contributed by atoms with Gasteiger partial charge in [-0.15, -0.1) is 0 Å². The summed E-state index contributed by atoms with van der Waals surface area (Å²) in [7, 11) is 0. The van der Waals surface area contributed by atoms with Gasteiger partial charge in [-0.1, -0.05) is 29.8 Å². The quantitative estimate of drug-likeness (QED) is 0.636. The van der Waals surface area contributed by atoms with E-state index in [4.69, 9.17) is 4.74 Å². The summed E-state index contributed by atoms with van der Waals surface area (Å²) in [5, 5.41) is 0.